The number of likely N-dealkylation sites (tertiary alicyclic amines) is 1. The summed E-state index contributed by atoms with van der Waals surface area (Å²) in [5.74, 6) is 0.601. The average molecular weight is 382 g/mol. The molecule has 0 saturated carbocycles. The molecular formula is C19H31N3O3S. The minimum absolute atomic E-state index is 0.0225. The van der Waals surface area contributed by atoms with Gasteiger partial charge < -0.3 is 10.2 Å². The lowest BCUT2D eigenvalue weighted by Crippen LogP contribution is -2.40. The van der Waals surface area contributed by atoms with Crippen molar-refractivity contribution in [3.05, 3.63) is 29.8 Å². The molecule has 0 spiro atoms. The van der Waals surface area contributed by atoms with E-state index in [1.807, 2.05) is 18.7 Å². The van der Waals surface area contributed by atoms with E-state index in [9.17, 15) is 13.2 Å². The molecule has 7 heteroatoms. The van der Waals surface area contributed by atoms with Crippen LogP contribution in [0, 0.1) is 5.92 Å². The highest BCUT2D eigenvalue weighted by Crippen LogP contribution is 2.19. The molecule has 6 nitrogen and oxygen atoms in total. The molecule has 1 atom stereocenters. The van der Waals surface area contributed by atoms with Crippen LogP contribution in [-0.2, 0) is 10.0 Å². The highest BCUT2D eigenvalue weighted by molar-refractivity contribution is 7.89. The van der Waals surface area contributed by atoms with Crippen molar-refractivity contribution in [3.63, 3.8) is 0 Å². The summed E-state index contributed by atoms with van der Waals surface area (Å²) in [6.45, 7) is 9.34. The van der Waals surface area contributed by atoms with Crippen LogP contribution in [0.4, 0.5) is 0 Å². The third-order valence-corrected chi connectivity index (χ3v) is 6.57. The van der Waals surface area contributed by atoms with E-state index in [1.54, 1.807) is 12.1 Å². The number of benzene rings is 1. The fraction of sp³-hybridized carbons (Fsp3) is 0.632. The summed E-state index contributed by atoms with van der Waals surface area (Å²) in [5, 5.41) is 3.37. The largest absolute Gasteiger partial charge is 0.339 e. The minimum Gasteiger partial charge on any atom is -0.339 e. The van der Waals surface area contributed by atoms with Gasteiger partial charge in [0.1, 0.15) is 0 Å². The fourth-order valence-corrected chi connectivity index (χ4v) is 4.39. The smallest absolute Gasteiger partial charge is 0.253 e. The molecule has 1 aromatic rings. The summed E-state index contributed by atoms with van der Waals surface area (Å²) in [5.41, 5.74) is 0.539. The number of nitrogens with zero attached hydrogens (tertiary/aromatic N) is 1. The molecule has 1 aliphatic rings. The van der Waals surface area contributed by atoms with Gasteiger partial charge in [-0.05, 0) is 69.5 Å². The maximum Gasteiger partial charge on any atom is 0.253 e. The Morgan fingerprint density at radius 2 is 1.81 bits per heavy atom. The summed E-state index contributed by atoms with van der Waals surface area (Å²) in [4.78, 5) is 14.7. The van der Waals surface area contributed by atoms with Crippen LogP contribution in [0.1, 0.15) is 50.4 Å². The van der Waals surface area contributed by atoms with Crippen LogP contribution in [0.2, 0.25) is 0 Å². The number of hydrogen-bond acceptors (Lipinski definition) is 4. The van der Waals surface area contributed by atoms with Gasteiger partial charge in [-0.1, -0.05) is 13.8 Å². The quantitative estimate of drug-likeness (QED) is 0.724. The lowest BCUT2D eigenvalue weighted by Gasteiger charge is -2.32. The topological polar surface area (TPSA) is 78.5 Å². The summed E-state index contributed by atoms with van der Waals surface area (Å²) < 4.78 is 27.2. The minimum atomic E-state index is -3.54. The average Bonchev–Trinajstić information content (AvgIpc) is 2.66. The molecule has 2 rings (SSSR count). The lowest BCUT2D eigenvalue weighted by atomic mass is 9.96. The van der Waals surface area contributed by atoms with Crippen LogP contribution in [0.25, 0.3) is 0 Å². The van der Waals surface area contributed by atoms with Gasteiger partial charge in [-0.2, -0.15) is 0 Å². The van der Waals surface area contributed by atoms with Crippen molar-refractivity contribution in [1.82, 2.24) is 14.9 Å². The van der Waals surface area contributed by atoms with Crippen molar-refractivity contribution in [2.24, 2.45) is 5.92 Å². The number of carbonyl (C=O) groups is 1. The predicted octanol–water partition coefficient (Wildman–Crippen LogP) is 2.23. The van der Waals surface area contributed by atoms with Gasteiger partial charge in [-0.15, -0.1) is 0 Å². The van der Waals surface area contributed by atoms with E-state index in [4.69, 9.17) is 0 Å². The van der Waals surface area contributed by atoms with Crippen LogP contribution >= 0.6 is 0 Å². The number of amides is 1. The van der Waals surface area contributed by atoms with Crippen LogP contribution in [-0.4, -0.2) is 51.4 Å². The van der Waals surface area contributed by atoms with E-state index in [2.05, 4.69) is 17.0 Å². The highest BCUT2D eigenvalue weighted by Gasteiger charge is 2.24. The van der Waals surface area contributed by atoms with Gasteiger partial charge >= 0.3 is 0 Å². The first-order valence-electron chi connectivity index (χ1n) is 9.49. The summed E-state index contributed by atoms with van der Waals surface area (Å²) >= 11 is 0. The molecule has 1 unspecified atom stereocenters. The van der Waals surface area contributed by atoms with Crippen molar-refractivity contribution in [2.45, 2.75) is 51.0 Å². The lowest BCUT2D eigenvalue weighted by molar-refractivity contribution is 0.0690. The second kappa shape index (κ2) is 9.48. The van der Waals surface area contributed by atoms with Crippen LogP contribution in [0.3, 0.4) is 0 Å². The van der Waals surface area contributed by atoms with Crippen molar-refractivity contribution in [3.8, 4) is 0 Å². The summed E-state index contributed by atoms with van der Waals surface area (Å²) in [6, 6.07) is 6.12. The SMILES string of the molecule is CCNCC1CCN(C(=O)c2ccc(S(=O)(=O)NC(C)CC)cc2)CC1. The zero-order valence-corrected chi connectivity index (χ0v) is 16.8. The molecule has 1 fully saturated rings. The van der Waals surface area contributed by atoms with E-state index in [-0.39, 0.29) is 16.8 Å². The fourth-order valence-electron chi connectivity index (χ4n) is 3.06. The molecule has 1 aliphatic heterocycles. The Morgan fingerprint density at radius 3 is 2.35 bits per heavy atom. The second-order valence-corrected chi connectivity index (χ2v) is 8.71. The Bertz CT molecular complexity index is 680. The summed E-state index contributed by atoms with van der Waals surface area (Å²) in [6.07, 6.45) is 2.73. The van der Waals surface area contributed by atoms with Crippen molar-refractivity contribution < 1.29 is 13.2 Å². The van der Waals surface area contributed by atoms with Gasteiger partial charge in [0.15, 0.2) is 0 Å². The Balaban J connectivity index is 1.97. The number of hydrogen-bond donors (Lipinski definition) is 2. The monoisotopic (exact) mass is 381 g/mol. The first-order valence-corrected chi connectivity index (χ1v) is 11.0. The standard InChI is InChI=1S/C19H31N3O3S/c1-4-15(3)21-26(24,25)18-8-6-17(7-9-18)19(23)22-12-10-16(11-13-22)14-20-5-2/h6-9,15-16,20-21H,4-5,10-14H2,1-3H3. The van der Waals surface area contributed by atoms with Crippen molar-refractivity contribution in [1.29, 1.82) is 0 Å². The predicted molar refractivity (Wildman–Crippen MR) is 104 cm³/mol. The van der Waals surface area contributed by atoms with Gasteiger partial charge in [0.2, 0.25) is 10.0 Å². The number of carbonyl (C=O) groups excluding carboxylic acids is 1. The number of rotatable bonds is 8. The van der Waals surface area contributed by atoms with Crippen LogP contribution in [0.15, 0.2) is 29.2 Å². The first-order chi connectivity index (χ1) is 12.4. The molecule has 0 bridgehead atoms. The number of sulfonamides is 1. The molecule has 1 saturated heterocycles. The number of nitrogens with one attached hydrogen (secondary N) is 2. The van der Waals surface area contributed by atoms with Crippen molar-refractivity contribution in [2.75, 3.05) is 26.2 Å². The van der Waals surface area contributed by atoms with E-state index in [0.29, 0.717) is 11.5 Å². The summed E-state index contributed by atoms with van der Waals surface area (Å²) in [7, 11) is -3.54. The van der Waals surface area contributed by atoms with Crippen LogP contribution < -0.4 is 10.0 Å². The van der Waals surface area contributed by atoms with E-state index < -0.39 is 10.0 Å². The van der Waals surface area contributed by atoms with E-state index in [0.717, 1.165) is 45.4 Å². The van der Waals surface area contributed by atoms with Crippen LogP contribution in [0.5, 0.6) is 0 Å². The van der Waals surface area contributed by atoms with Gasteiger partial charge in [-0.3, -0.25) is 4.79 Å². The highest BCUT2D eigenvalue weighted by atomic mass is 32.2. The molecule has 2 N–H and O–H groups in total. The maximum atomic E-state index is 12.7. The first kappa shape index (κ1) is 20.9. The molecule has 0 aliphatic carbocycles. The van der Waals surface area contributed by atoms with E-state index >= 15 is 0 Å². The molecule has 146 valence electrons. The van der Waals surface area contributed by atoms with Gasteiger partial charge in [0.25, 0.3) is 5.91 Å². The Morgan fingerprint density at radius 1 is 1.19 bits per heavy atom. The van der Waals surface area contributed by atoms with Gasteiger partial charge in [-0.25, -0.2) is 13.1 Å². The number of piperidine rings is 1. The maximum absolute atomic E-state index is 12.7. The Hall–Kier alpha value is -1.44. The van der Waals surface area contributed by atoms with Gasteiger partial charge in [0.05, 0.1) is 4.90 Å². The molecule has 1 amide bonds. The Kier molecular flexibility index (Phi) is 7.61. The molecule has 0 aromatic heterocycles. The third-order valence-electron chi connectivity index (χ3n) is 4.97. The zero-order chi connectivity index (χ0) is 19.2. The molecule has 1 aromatic carbocycles. The van der Waals surface area contributed by atoms with Gasteiger partial charge in [0, 0.05) is 24.7 Å². The Labute approximate surface area is 157 Å². The third kappa shape index (κ3) is 5.53. The van der Waals surface area contributed by atoms with E-state index in [1.165, 1.54) is 12.1 Å². The molecular weight excluding hydrogens is 350 g/mol. The molecule has 0 radical (unpaired) electrons. The molecule has 26 heavy (non-hydrogen) atoms. The normalized spacial score (nSPS) is 17.3. The van der Waals surface area contributed by atoms with Crippen molar-refractivity contribution >= 4 is 15.9 Å². The second-order valence-electron chi connectivity index (χ2n) is 7.00. The zero-order valence-electron chi connectivity index (χ0n) is 16.0. The molecule has 1 heterocycles.